The molecular weight excluding hydrogens is 299 g/mol. The molecule has 0 aliphatic rings. The van der Waals surface area contributed by atoms with Crippen LogP contribution in [-0.4, -0.2) is 32.9 Å². The molecule has 3 N–H and O–H groups in total. The van der Waals surface area contributed by atoms with Crippen LogP contribution in [0.4, 0.5) is 19.0 Å². The number of nitrogen functional groups attached to an aromatic ring is 1. The number of nitrogens with two attached hydrogens (primary N) is 1. The summed E-state index contributed by atoms with van der Waals surface area (Å²) >= 11 is 0. The predicted octanol–water partition coefficient (Wildman–Crippen LogP) is 2.54. The van der Waals surface area contributed by atoms with E-state index in [1.165, 1.54) is 0 Å². The van der Waals surface area contributed by atoms with Crippen molar-refractivity contribution in [2.45, 2.75) is 6.18 Å². The molecule has 1 aromatic carbocycles. The van der Waals surface area contributed by atoms with E-state index >= 15 is 0 Å². The quantitative estimate of drug-likeness (QED) is 0.776. The molecule has 0 aliphatic carbocycles. The Labute approximate surface area is 122 Å². The van der Waals surface area contributed by atoms with Crippen molar-refractivity contribution in [3.05, 3.63) is 30.3 Å². The Morgan fingerprint density at radius 3 is 2.55 bits per heavy atom. The van der Waals surface area contributed by atoms with Crippen molar-refractivity contribution < 1.29 is 17.9 Å². The largest absolute Gasteiger partial charge is 0.467 e. The Kier molecular flexibility index (Phi) is 3.32. The van der Waals surface area contributed by atoms with E-state index < -0.39 is 12.8 Å². The SMILES string of the molecule is Nc1[nH]nc2nc(-c3ccccc3)nc(OCC(F)(F)F)c12. The normalized spacial score (nSPS) is 11.8. The van der Waals surface area contributed by atoms with Gasteiger partial charge in [-0.05, 0) is 0 Å². The lowest BCUT2D eigenvalue weighted by Gasteiger charge is -2.10. The van der Waals surface area contributed by atoms with Crippen LogP contribution in [0.1, 0.15) is 0 Å². The molecule has 3 rings (SSSR count). The number of nitrogens with one attached hydrogen (secondary N) is 1. The predicted molar refractivity (Wildman–Crippen MR) is 73.1 cm³/mol. The third-order valence-corrected chi connectivity index (χ3v) is 2.81. The molecule has 2 heterocycles. The summed E-state index contributed by atoms with van der Waals surface area (Å²) in [7, 11) is 0. The molecule has 0 spiro atoms. The van der Waals surface area contributed by atoms with Gasteiger partial charge in [0.15, 0.2) is 18.1 Å². The number of fused-ring (bicyclic) bond motifs is 1. The van der Waals surface area contributed by atoms with Gasteiger partial charge in [0, 0.05) is 5.56 Å². The molecule has 6 nitrogen and oxygen atoms in total. The molecule has 0 aliphatic heterocycles. The van der Waals surface area contributed by atoms with Gasteiger partial charge in [-0.25, -0.2) is 4.98 Å². The van der Waals surface area contributed by atoms with Crippen molar-refractivity contribution in [3.8, 4) is 17.3 Å². The van der Waals surface area contributed by atoms with E-state index in [1.54, 1.807) is 30.3 Å². The molecule has 0 saturated carbocycles. The first kappa shape index (κ1) is 14.1. The molecule has 0 fully saturated rings. The van der Waals surface area contributed by atoms with Crippen molar-refractivity contribution >= 4 is 16.9 Å². The molecule has 22 heavy (non-hydrogen) atoms. The lowest BCUT2D eigenvalue weighted by Crippen LogP contribution is -2.20. The summed E-state index contributed by atoms with van der Waals surface area (Å²) in [5, 5.41) is 6.43. The van der Waals surface area contributed by atoms with Crippen molar-refractivity contribution in [3.63, 3.8) is 0 Å². The van der Waals surface area contributed by atoms with Gasteiger partial charge >= 0.3 is 6.18 Å². The number of hydrogen-bond donors (Lipinski definition) is 2. The van der Waals surface area contributed by atoms with Gasteiger partial charge < -0.3 is 10.5 Å². The number of aromatic nitrogens is 4. The van der Waals surface area contributed by atoms with Crippen LogP contribution in [0.3, 0.4) is 0 Å². The first-order valence-corrected chi connectivity index (χ1v) is 6.20. The van der Waals surface area contributed by atoms with E-state index in [2.05, 4.69) is 20.2 Å². The molecule has 0 radical (unpaired) electrons. The second-order valence-electron chi connectivity index (χ2n) is 4.46. The van der Waals surface area contributed by atoms with Gasteiger partial charge in [0.2, 0.25) is 5.88 Å². The zero-order valence-electron chi connectivity index (χ0n) is 11.1. The maximum absolute atomic E-state index is 12.4. The van der Waals surface area contributed by atoms with E-state index in [1.807, 2.05) is 0 Å². The van der Waals surface area contributed by atoms with Gasteiger partial charge in [0.1, 0.15) is 11.2 Å². The standard InChI is InChI=1S/C13H10F3N5O/c14-13(15,16)6-22-12-8-9(17)20-21-11(8)18-10(19-12)7-4-2-1-3-5-7/h1-5H,6H2,(H3,17,18,19,20,21). The minimum Gasteiger partial charge on any atom is -0.467 e. The Morgan fingerprint density at radius 1 is 1.14 bits per heavy atom. The number of aromatic amines is 1. The molecule has 0 atom stereocenters. The average Bonchev–Trinajstić information content (AvgIpc) is 2.86. The third-order valence-electron chi connectivity index (χ3n) is 2.81. The van der Waals surface area contributed by atoms with Crippen LogP contribution < -0.4 is 10.5 Å². The van der Waals surface area contributed by atoms with E-state index in [4.69, 9.17) is 10.5 Å². The van der Waals surface area contributed by atoms with Gasteiger partial charge in [-0.1, -0.05) is 30.3 Å². The fourth-order valence-corrected chi connectivity index (χ4v) is 1.89. The molecule has 0 unspecified atom stereocenters. The first-order valence-electron chi connectivity index (χ1n) is 6.20. The molecule has 3 aromatic rings. The molecular formula is C13H10F3N5O. The van der Waals surface area contributed by atoms with Crippen LogP contribution >= 0.6 is 0 Å². The smallest absolute Gasteiger partial charge is 0.422 e. The summed E-state index contributed by atoms with van der Waals surface area (Å²) < 4.78 is 41.9. The second-order valence-corrected chi connectivity index (χ2v) is 4.46. The van der Waals surface area contributed by atoms with E-state index in [9.17, 15) is 13.2 Å². The number of rotatable bonds is 3. The van der Waals surface area contributed by atoms with Gasteiger partial charge in [0.05, 0.1) is 0 Å². The van der Waals surface area contributed by atoms with Crippen molar-refractivity contribution in [1.82, 2.24) is 20.2 Å². The molecule has 9 heteroatoms. The maximum Gasteiger partial charge on any atom is 0.422 e. The number of hydrogen-bond acceptors (Lipinski definition) is 5. The Balaban J connectivity index is 2.09. The highest BCUT2D eigenvalue weighted by molar-refractivity contribution is 5.91. The number of H-pyrrole nitrogens is 1. The summed E-state index contributed by atoms with van der Waals surface area (Å²) in [6, 6.07) is 8.78. The maximum atomic E-state index is 12.4. The highest BCUT2D eigenvalue weighted by atomic mass is 19.4. The topological polar surface area (TPSA) is 89.7 Å². The lowest BCUT2D eigenvalue weighted by molar-refractivity contribution is -0.153. The first-order chi connectivity index (χ1) is 10.4. The highest BCUT2D eigenvalue weighted by Crippen LogP contribution is 2.30. The monoisotopic (exact) mass is 309 g/mol. The summed E-state index contributed by atoms with van der Waals surface area (Å²) in [6.45, 7) is -1.47. The summed E-state index contributed by atoms with van der Waals surface area (Å²) in [5.74, 6) is -0.00371. The summed E-state index contributed by atoms with van der Waals surface area (Å²) in [5.41, 5.74) is 6.42. The number of anilines is 1. The molecule has 0 amide bonds. The minimum absolute atomic E-state index is 0.0480. The number of halogens is 3. The number of alkyl halides is 3. The van der Waals surface area contributed by atoms with Gasteiger partial charge in [-0.3, -0.25) is 5.10 Å². The zero-order valence-corrected chi connectivity index (χ0v) is 11.1. The highest BCUT2D eigenvalue weighted by Gasteiger charge is 2.29. The Hall–Kier alpha value is -2.84. The van der Waals surface area contributed by atoms with Crippen LogP contribution in [-0.2, 0) is 0 Å². The zero-order chi connectivity index (χ0) is 15.7. The van der Waals surface area contributed by atoms with Crippen LogP contribution in [0.5, 0.6) is 5.88 Å². The van der Waals surface area contributed by atoms with Gasteiger partial charge in [-0.15, -0.1) is 0 Å². The van der Waals surface area contributed by atoms with Crippen molar-refractivity contribution in [1.29, 1.82) is 0 Å². The van der Waals surface area contributed by atoms with E-state index in [0.717, 1.165) is 0 Å². The van der Waals surface area contributed by atoms with Crippen molar-refractivity contribution in [2.24, 2.45) is 0 Å². The van der Waals surface area contributed by atoms with Crippen LogP contribution in [0.15, 0.2) is 30.3 Å². The molecule has 0 saturated heterocycles. The van der Waals surface area contributed by atoms with E-state index in [0.29, 0.717) is 5.56 Å². The van der Waals surface area contributed by atoms with Crippen LogP contribution in [0, 0.1) is 0 Å². The molecule has 2 aromatic heterocycles. The summed E-state index contributed by atoms with van der Waals surface area (Å²) in [4.78, 5) is 8.21. The average molecular weight is 309 g/mol. The Bertz CT molecular complexity index is 801. The second kappa shape index (κ2) is 5.17. The molecule has 0 bridgehead atoms. The molecule has 114 valence electrons. The van der Waals surface area contributed by atoms with Crippen LogP contribution in [0.2, 0.25) is 0 Å². The van der Waals surface area contributed by atoms with E-state index in [-0.39, 0.29) is 28.6 Å². The number of ether oxygens (including phenoxy) is 1. The summed E-state index contributed by atoms with van der Waals surface area (Å²) in [6.07, 6.45) is -4.48. The Morgan fingerprint density at radius 2 is 1.86 bits per heavy atom. The van der Waals surface area contributed by atoms with Crippen LogP contribution in [0.25, 0.3) is 22.4 Å². The minimum atomic E-state index is -4.48. The fraction of sp³-hybridized carbons (Fsp3) is 0.154. The number of nitrogens with zero attached hydrogens (tertiary/aromatic N) is 3. The van der Waals surface area contributed by atoms with Gasteiger partial charge in [-0.2, -0.15) is 23.3 Å². The fourth-order valence-electron chi connectivity index (χ4n) is 1.89. The van der Waals surface area contributed by atoms with Gasteiger partial charge in [0.25, 0.3) is 0 Å². The third kappa shape index (κ3) is 2.78. The number of benzene rings is 1. The van der Waals surface area contributed by atoms with Crippen molar-refractivity contribution in [2.75, 3.05) is 12.3 Å². The lowest BCUT2D eigenvalue weighted by atomic mass is 10.2.